The first-order valence-electron chi connectivity index (χ1n) is 5.82. The number of nitrogens with zero attached hydrogens (tertiary/aromatic N) is 1. The molecule has 0 amide bonds. The van der Waals surface area contributed by atoms with Crippen LogP contribution < -0.4 is 4.31 Å². The number of carbonyl (C=O) groups is 1. The number of rotatable bonds is 4. The summed E-state index contributed by atoms with van der Waals surface area (Å²) in [6.07, 6.45) is 0.599. The standard InChI is InChI=1S/C12H15NO5S/c1-18-12(15)10-3-2-9-4-5-13(11(9)8-10)19(16,17)7-6-14/h2-3,8,14H,4-7H2,1H3. The molecule has 6 nitrogen and oxygen atoms in total. The van der Waals surface area contributed by atoms with Crippen LogP contribution in [0.25, 0.3) is 0 Å². The molecule has 0 unspecified atom stereocenters. The molecule has 7 heteroatoms. The molecule has 0 aliphatic carbocycles. The van der Waals surface area contributed by atoms with Crippen LogP contribution in [0.2, 0.25) is 0 Å². The van der Waals surface area contributed by atoms with Gasteiger partial charge >= 0.3 is 5.97 Å². The van der Waals surface area contributed by atoms with Gasteiger partial charge in [-0.25, -0.2) is 13.2 Å². The lowest BCUT2D eigenvalue weighted by Crippen LogP contribution is -2.32. The molecular weight excluding hydrogens is 270 g/mol. The van der Waals surface area contributed by atoms with E-state index in [0.29, 0.717) is 24.2 Å². The fraction of sp³-hybridized carbons (Fsp3) is 0.417. The van der Waals surface area contributed by atoms with E-state index < -0.39 is 22.6 Å². The summed E-state index contributed by atoms with van der Waals surface area (Å²) in [5.74, 6) is -0.830. The van der Waals surface area contributed by atoms with E-state index in [1.807, 2.05) is 0 Å². The summed E-state index contributed by atoms with van der Waals surface area (Å²) >= 11 is 0. The van der Waals surface area contributed by atoms with Gasteiger partial charge in [-0.15, -0.1) is 0 Å². The Morgan fingerprint density at radius 3 is 2.84 bits per heavy atom. The van der Waals surface area contributed by atoms with Gasteiger partial charge in [0.25, 0.3) is 0 Å². The van der Waals surface area contributed by atoms with Gasteiger partial charge in [0, 0.05) is 6.54 Å². The number of carbonyl (C=O) groups excluding carboxylic acids is 1. The van der Waals surface area contributed by atoms with E-state index in [9.17, 15) is 13.2 Å². The van der Waals surface area contributed by atoms with Gasteiger partial charge in [0.15, 0.2) is 0 Å². The average molecular weight is 285 g/mol. The van der Waals surface area contributed by atoms with Crippen molar-refractivity contribution >= 4 is 21.7 Å². The number of methoxy groups -OCH3 is 1. The molecule has 1 aromatic rings. The lowest BCUT2D eigenvalue weighted by Gasteiger charge is -2.19. The maximum absolute atomic E-state index is 12.0. The quantitative estimate of drug-likeness (QED) is 0.797. The van der Waals surface area contributed by atoms with Gasteiger partial charge in [-0.05, 0) is 24.1 Å². The van der Waals surface area contributed by atoms with Gasteiger partial charge in [-0.1, -0.05) is 6.07 Å². The van der Waals surface area contributed by atoms with Crippen LogP contribution in [-0.4, -0.2) is 45.5 Å². The molecule has 0 saturated carbocycles. The minimum Gasteiger partial charge on any atom is -0.465 e. The van der Waals surface area contributed by atoms with Gasteiger partial charge in [-0.3, -0.25) is 4.31 Å². The Balaban J connectivity index is 2.41. The number of hydrogen-bond donors (Lipinski definition) is 1. The number of fused-ring (bicyclic) bond motifs is 1. The number of aliphatic hydroxyl groups excluding tert-OH is 1. The third-order valence-electron chi connectivity index (χ3n) is 3.04. The monoisotopic (exact) mass is 285 g/mol. The molecule has 1 aliphatic heterocycles. The van der Waals surface area contributed by atoms with E-state index in [0.717, 1.165) is 5.56 Å². The van der Waals surface area contributed by atoms with Crippen molar-refractivity contribution in [2.75, 3.05) is 30.3 Å². The fourth-order valence-corrected chi connectivity index (χ4v) is 3.40. The Hall–Kier alpha value is -1.60. The Morgan fingerprint density at radius 2 is 2.21 bits per heavy atom. The molecule has 0 atom stereocenters. The van der Waals surface area contributed by atoms with Crippen LogP contribution in [0.1, 0.15) is 15.9 Å². The molecule has 0 fully saturated rings. The minimum atomic E-state index is -3.54. The highest BCUT2D eigenvalue weighted by Crippen LogP contribution is 2.31. The van der Waals surface area contributed by atoms with Crippen molar-refractivity contribution in [1.82, 2.24) is 0 Å². The third kappa shape index (κ3) is 2.57. The molecule has 2 rings (SSSR count). The van der Waals surface area contributed by atoms with Crippen molar-refractivity contribution in [1.29, 1.82) is 0 Å². The smallest absolute Gasteiger partial charge is 0.337 e. The van der Waals surface area contributed by atoms with Crippen molar-refractivity contribution in [3.63, 3.8) is 0 Å². The van der Waals surface area contributed by atoms with Crippen LogP contribution in [0.4, 0.5) is 5.69 Å². The summed E-state index contributed by atoms with van der Waals surface area (Å²) < 4.78 is 29.9. The number of ether oxygens (including phenoxy) is 1. The lowest BCUT2D eigenvalue weighted by molar-refractivity contribution is 0.0600. The van der Waals surface area contributed by atoms with Crippen molar-refractivity contribution in [2.45, 2.75) is 6.42 Å². The van der Waals surface area contributed by atoms with E-state index in [-0.39, 0.29) is 5.75 Å². The molecule has 0 spiro atoms. The first-order valence-corrected chi connectivity index (χ1v) is 7.43. The van der Waals surface area contributed by atoms with E-state index in [1.54, 1.807) is 12.1 Å². The zero-order chi connectivity index (χ0) is 14.0. The second kappa shape index (κ2) is 5.18. The zero-order valence-electron chi connectivity index (χ0n) is 10.5. The molecule has 1 aliphatic rings. The topological polar surface area (TPSA) is 83.9 Å². The highest BCUT2D eigenvalue weighted by Gasteiger charge is 2.29. The van der Waals surface area contributed by atoms with E-state index >= 15 is 0 Å². The Kier molecular flexibility index (Phi) is 3.77. The second-order valence-electron chi connectivity index (χ2n) is 4.20. The van der Waals surface area contributed by atoms with E-state index in [1.165, 1.54) is 17.5 Å². The maximum Gasteiger partial charge on any atom is 0.337 e. The van der Waals surface area contributed by atoms with Crippen LogP contribution in [-0.2, 0) is 21.2 Å². The molecule has 0 saturated heterocycles. The van der Waals surface area contributed by atoms with Crippen molar-refractivity contribution < 1.29 is 23.1 Å². The summed E-state index contributed by atoms with van der Waals surface area (Å²) in [4.78, 5) is 11.5. The molecular formula is C12H15NO5S. The predicted octanol–water partition coefficient (Wildman–Crippen LogP) is 0.158. The molecule has 1 heterocycles. The molecule has 1 N–H and O–H groups in total. The van der Waals surface area contributed by atoms with Crippen LogP contribution >= 0.6 is 0 Å². The first-order chi connectivity index (χ1) is 8.99. The highest BCUT2D eigenvalue weighted by molar-refractivity contribution is 7.92. The van der Waals surface area contributed by atoms with Crippen molar-refractivity contribution in [3.05, 3.63) is 29.3 Å². The van der Waals surface area contributed by atoms with Gasteiger partial charge in [0.1, 0.15) is 0 Å². The first kappa shape index (κ1) is 13.8. The Bertz CT molecular complexity index is 596. The number of benzene rings is 1. The van der Waals surface area contributed by atoms with Gasteiger partial charge in [0.05, 0.1) is 30.7 Å². The van der Waals surface area contributed by atoms with Crippen molar-refractivity contribution in [2.24, 2.45) is 0 Å². The largest absolute Gasteiger partial charge is 0.465 e. The molecule has 1 aromatic carbocycles. The predicted molar refractivity (Wildman–Crippen MR) is 69.7 cm³/mol. The van der Waals surface area contributed by atoms with Crippen LogP contribution in [0.5, 0.6) is 0 Å². The molecule has 0 bridgehead atoms. The SMILES string of the molecule is COC(=O)c1ccc2c(c1)N(S(=O)(=O)CCO)CC2. The second-order valence-corrected chi connectivity index (χ2v) is 6.21. The zero-order valence-corrected chi connectivity index (χ0v) is 11.3. The summed E-state index contributed by atoms with van der Waals surface area (Å²) in [6.45, 7) is -0.0901. The number of sulfonamides is 1. The third-order valence-corrected chi connectivity index (χ3v) is 4.79. The van der Waals surface area contributed by atoms with Gasteiger partial charge in [0.2, 0.25) is 10.0 Å². The number of esters is 1. The summed E-state index contributed by atoms with van der Waals surface area (Å²) in [6, 6.07) is 4.87. The van der Waals surface area contributed by atoms with E-state index in [4.69, 9.17) is 5.11 Å². The number of hydrogen-bond acceptors (Lipinski definition) is 5. The van der Waals surface area contributed by atoms with Gasteiger partial charge in [-0.2, -0.15) is 0 Å². The maximum atomic E-state index is 12.0. The summed E-state index contributed by atoms with van der Waals surface area (Å²) in [7, 11) is -2.27. The molecule has 0 aromatic heterocycles. The Labute approximate surface area is 111 Å². The minimum absolute atomic E-state index is 0.312. The van der Waals surface area contributed by atoms with E-state index in [2.05, 4.69) is 4.74 Å². The van der Waals surface area contributed by atoms with Crippen molar-refractivity contribution in [3.8, 4) is 0 Å². The molecule has 0 radical (unpaired) electrons. The summed E-state index contributed by atoms with van der Waals surface area (Å²) in [5.41, 5.74) is 1.68. The fourth-order valence-electron chi connectivity index (χ4n) is 2.11. The van der Waals surface area contributed by atoms with Crippen LogP contribution in [0, 0.1) is 0 Å². The molecule has 104 valence electrons. The van der Waals surface area contributed by atoms with Gasteiger partial charge < -0.3 is 9.84 Å². The average Bonchev–Trinajstić information content (AvgIpc) is 2.81. The normalized spacial score (nSPS) is 14.3. The highest BCUT2D eigenvalue weighted by atomic mass is 32.2. The summed E-state index contributed by atoms with van der Waals surface area (Å²) in [5, 5.41) is 8.81. The number of aliphatic hydroxyl groups is 1. The lowest BCUT2D eigenvalue weighted by atomic mass is 10.1. The molecule has 19 heavy (non-hydrogen) atoms. The van der Waals surface area contributed by atoms with Crippen LogP contribution in [0.3, 0.4) is 0 Å². The Morgan fingerprint density at radius 1 is 1.47 bits per heavy atom. The van der Waals surface area contributed by atoms with Crippen LogP contribution in [0.15, 0.2) is 18.2 Å². The number of anilines is 1.